The molecule has 0 aliphatic carbocycles. The number of thiocarbonyl (C=S) groups is 1. The largest absolute Gasteiger partial charge is 0.487 e. The number of rotatable bonds is 10. The smallest absolute Gasteiger partial charge is 0.341 e. The number of esters is 1. The molecule has 0 atom stereocenters. The number of anilines is 2. The van der Waals surface area contributed by atoms with Crippen LogP contribution in [0.15, 0.2) is 48.5 Å². The van der Waals surface area contributed by atoms with Crippen LogP contribution in [0.2, 0.25) is 0 Å². The van der Waals surface area contributed by atoms with Gasteiger partial charge in [0.2, 0.25) is 0 Å². The number of alkyl halides is 4. The summed E-state index contributed by atoms with van der Waals surface area (Å²) in [6.07, 6.45) is -3.97. The molecule has 0 spiro atoms. The molecule has 0 amide bonds. The van der Waals surface area contributed by atoms with E-state index in [0.717, 1.165) is 28.6 Å². The van der Waals surface area contributed by atoms with Gasteiger partial charge in [-0.25, -0.2) is 13.6 Å². The van der Waals surface area contributed by atoms with Crippen molar-refractivity contribution in [3.05, 3.63) is 69.1 Å². The zero-order valence-electron chi connectivity index (χ0n) is 19.9. The van der Waals surface area contributed by atoms with Crippen LogP contribution in [0, 0.1) is 17.0 Å². The van der Waals surface area contributed by atoms with Gasteiger partial charge in [-0.1, -0.05) is 30.3 Å². The summed E-state index contributed by atoms with van der Waals surface area (Å²) in [4.78, 5) is 24.1. The van der Waals surface area contributed by atoms with Crippen LogP contribution >= 0.6 is 23.6 Å². The van der Waals surface area contributed by atoms with Gasteiger partial charge in [0.05, 0.1) is 23.3 Å². The van der Waals surface area contributed by atoms with Crippen LogP contribution in [0.4, 0.5) is 33.9 Å². The minimum atomic E-state index is -4.45. The van der Waals surface area contributed by atoms with Crippen LogP contribution in [0.1, 0.15) is 22.2 Å². The maximum atomic E-state index is 13.3. The number of nitrogens with one attached hydrogen (secondary N) is 2. The molecule has 2 aromatic carbocycles. The number of non-ortho nitro benzene ring substituents is 1. The molecule has 38 heavy (non-hydrogen) atoms. The molecule has 0 bridgehead atoms. The Bertz CT molecular complexity index is 1340. The molecule has 2 N–H and O–H groups in total. The molecule has 3 rings (SSSR count). The van der Waals surface area contributed by atoms with Crippen LogP contribution in [0.25, 0.3) is 11.1 Å². The van der Waals surface area contributed by atoms with E-state index in [-0.39, 0.29) is 23.0 Å². The van der Waals surface area contributed by atoms with Crippen molar-refractivity contribution in [2.75, 3.05) is 23.8 Å². The molecule has 0 fully saturated rings. The lowest BCUT2D eigenvalue weighted by atomic mass is 10.0. The summed E-state index contributed by atoms with van der Waals surface area (Å²) in [6, 6.07) is 12.1. The Kier molecular flexibility index (Phi) is 9.22. The Balaban J connectivity index is 1.89. The maximum Gasteiger partial charge on any atom is 0.341 e. The number of nitrogens with zero attached hydrogens (tertiary/aromatic N) is 1. The molecule has 0 radical (unpaired) electrons. The average Bonchev–Trinajstić information content (AvgIpc) is 3.18. The number of carbonyl (C=O) groups excluding carboxylic acids is 1. The van der Waals surface area contributed by atoms with Crippen molar-refractivity contribution in [2.24, 2.45) is 0 Å². The highest BCUT2D eigenvalue weighted by Crippen LogP contribution is 2.40. The number of benzene rings is 2. The van der Waals surface area contributed by atoms with Crippen molar-refractivity contribution in [2.45, 2.75) is 26.2 Å². The van der Waals surface area contributed by atoms with Gasteiger partial charge in [0.15, 0.2) is 11.7 Å². The highest BCUT2D eigenvalue weighted by Gasteiger charge is 2.41. The van der Waals surface area contributed by atoms with E-state index in [4.69, 9.17) is 21.7 Å². The first-order valence-electron chi connectivity index (χ1n) is 10.9. The zero-order chi connectivity index (χ0) is 28.0. The number of thiophene rings is 1. The highest BCUT2D eigenvalue weighted by molar-refractivity contribution is 7.80. The number of ether oxygens (including phenoxy) is 2. The fourth-order valence-electron chi connectivity index (χ4n) is 3.34. The standard InChI is InChI=1S/C24H21F4N3O5S2/c1-3-35-21(32)19-18(14-7-5-4-6-8-14)13(2)38-20(19)30-23(37)29-15-9-16(31(33)34)11-17(10-15)36-12-24(27,28)22(25)26/h4-11,22H,3,12H2,1-2H3,(H2,29,30,37). The van der Waals surface area contributed by atoms with E-state index in [1.165, 1.54) is 11.3 Å². The summed E-state index contributed by atoms with van der Waals surface area (Å²) in [5.41, 5.74) is 1.06. The van der Waals surface area contributed by atoms with Crippen molar-refractivity contribution in [3.8, 4) is 16.9 Å². The average molecular weight is 572 g/mol. The molecule has 0 saturated carbocycles. The first-order chi connectivity index (χ1) is 17.9. The normalized spacial score (nSPS) is 11.2. The summed E-state index contributed by atoms with van der Waals surface area (Å²) >= 11 is 6.54. The van der Waals surface area contributed by atoms with Gasteiger partial charge in [-0.15, -0.1) is 11.3 Å². The number of hydrogen-bond acceptors (Lipinski definition) is 7. The number of carbonyl (C=O) groups is 1. The summed E-state index contributed by atoms with van der Waals surface area (Å²) < 4.78 is 61.4. The first-order valence-corrected chi connectivity index (χ1v) is 12.2. The van der Waals surface area contributed by atoms with Crippen LogP contribution in [-0.4, -0.2) is 41.6 Å². The van der Waals surface area contributed by atoms with E-state index < -0.39 is 41.3 Å². The lowest BCUT2D eigenvalue weighted by molar-refractivity contribution is -0.384. The lowest BCUT2D eigenvalue weighted by Gasteiger charge is -2.17. The number of hydrogen-bond donors (Lipinski definition) is 2. The second kappa shape index (κ2) is 12.2. The second-order valence-electron chi connectivity index (χ2n) is 7.73. The van der Waals surface area contributed by atoms with Gasteiger partial charge in [-0.3, -0.25) is 10.1 Å². The van der Waals surface area contributed by atoms with Crippen LogP contribution < -0.4 is 15.4 Å². The summed E-state index contributed by atoms with van der Waals surface area (Å²) in [5, 5.41) is 17.1. The topological polar surface area (TPSA) is 103 Å². The SMILES string of the molecule is CCOC(=O)c1c(NC(=S)Nc2cc(OCC(F)(F)C(F)F)cc([N+](=O)[O-])c2)sc(C)c1-c1ccccc1. The number of nitro groups is 1. The van der Waals surface area contributed by atoms with E-state index in [1.54, 1.807) is 6.92 Å². The van der Waals surface area contributed by atoms with Crippen LogP contribution in [0.3, 0.4) is 0 Å². The number of nitro benzene ring substituents is 1. The van der Waals surface area contributed by atoms with Gasteiger partial charge < -0.3 is 20.1 Å². The van der Waals surface area contributed by atoms with Gasteiger partial charge in [0.25, 0.3) is 5.69 Å². The fraction of sp³-hybridized carbons (Fsp3) is 0.250. The molecule has 0 aliphatic heterocycles. The highest BCUT2D eigenvalue weighted by atomic mass is 32.1. The molecule has 14 heteroatoms. The zero-order valence-corrected chi connectivity index (χ0v) is 21.6. The van der Waals surface area contributed by atoms with Crippen molar-refractivity contribution in [1.82, 2.24) is 0 Å². The molecule has 1 heterocycles. The minimum absolute atomic E-state index is 0.0405. The summed E-state index contributed by atoms with van der Waals surface area (Å²) in [5.74, 6) is -5.49. The molecule has 0 saturated heterocycles. The molecule has 1 aromatic heterocycles. The van der Waals surface area contributed by atoms with Crippen molar-refractivity contribution in [3.63, 3.8) is 0 Å². The molecular weight excluding hydrogens is 550 g/mol. The third kappa shape index (κ3) is 6.95. The van der Waals surface area contributed by atoms with E-state index in [9.17, 15) is 32.5 Å². The first kappa shape index (κ1) is 28.8. The maximum absolute atomic E-state index is 13.3. The number of halogens is 4. The molecular formula is C24H21F4N3O5S2. The van der Waals surface area contributed by atoms with E-state index in [0.29, 0.717) is 10.6 Å². The molecule has 202 valence electrons. The lowest BCUT2D eigenvalue weighted by Crippen LogP contribution is -2.33. The van der Waals surface area contributed by atoms with E-state index in [1.807, 2.05) is 37.3 Å². The minimum Gasteiger partial charge on any atom is -0.487 e. The van der Waals surface area contributed by atoms with Crippen LogP contribution in [0.5, 0.6) is 5.75 Å². The predicted molar refractivity (Wildman–Crippen MR) is 140 cm³/mol. The Hall–Kier alpha value is -3.78. The summed E-state index contributed by atoms with van der Waals surface area (Å²) in [6.45, 7) is 1.92. The Morgan fingerprint density at radius 1 is 1.18 bits per heavy atom. The fourth-order valence-corrected chi connectivity index (χ4v) is 4.69. The van der Waals surface area contributed by atoms with Gasteiger partial charge in [-0.05, 0) is 31.6 Å². The number of aryl methyl sites for hydroxylation is 1. The Morgan fingerprint density at radius 2 is 1.87 bits per heavy atom. The van der Waals surface area contributed by atoms with Gasteiger partial charge in [0, 0.05) is 22.6 Å². The quantitative estimate of drug-likeness (QED) is 0.0891. The van der Waals surface area contributed by atoms with Gasteiger partial charge >= 0.3 is 18.3 Å². The predicted octanol–water partition coefficient (Wildman–Crippen LogP) is 6.90. The van der Waals surface area contributed by atoms with Gasteiger partial charge in [-0.2, -0.15) is 8.78 Å². The van der Waals surface area contributed by atoms with Crippen LogP contribution in [-0.2, 0) is 4.74 Å². The molecule has 8 nitrogen and oxygen atoms in total. The summed E-state index contributed by atoms with van der Waals surface area (Å²) in [7, 11) is 0. The monoisotopic (exact) mass is 571 g/mol. The third-order valence-corrected chi connectivity index (χ3v) is 6.19. The molecule has 0 aliphatic rings. The molecule has 0 unspecified atom stereocenters. The van der Waals surface area contributed by atoms with Crippen molar-refractivity contribution >= 4 is 51.0 Å². The Labute approximate surface area is 223 Å². The third-order valence-electron chi connectivity index (χ3n) is 4.96. The van der Waals surface area contributed by atoms with E-state index in [2.05, 4.69) is 10.6 Å². The van der Waals surface area contributed by atoms with E-state index >= 15 is 0 Å². The Morgan fingerprint density at radius 3 is 2.47 bits per heavy atom. The van der Waals surface area contributed by atoms with Gasteiger partial charge in [0.1, 0.15) is 16.3 Å². The molecule has 3 aromatic rings. The second-order valence-corrected chi connectivity index (χ2v) is 9.36. The van der Waals surface area contributed by atoms with Crippen molar-refractivity contribution in [1.29, 1.82) is 0 Å². The van der Waals surface area contributed by atoms with Crippen molar-refractivity contribution < 1.29 is 36.8 Å².